The fourth-order valence-corrected chi connectivity index (χ4v) is 3.09. The van der Waals surface area contributed by atoms with Crippen LogP contribution in [0.5, 0.6) is 0 Å². The SMILES string of the molecule is CC(Nc1nc(C(=O)O)cs1)c1ccc(Cl)s1. The van der Waals surface area contributed by atoms with E-state index in [9.17, 15) is 4.79 Å². The molecule has 0 fully saturated rings. The van der Waals surface area contributed by atoms with E-state index in [0.29, 0.717) is 5.13 Å². The smallest absolute Gasteiger partial charge is 0.355 e. The average Bonchev–Trinajstić information content (AvgIpc) is 2.86. The predicted octanol–water partition coefficient (Wildman–Crippen LogP) is 3.73. The minimum atomic E-state index is -1.01. The Morgan fingerprint density at radius 2 is 2.35 bits per heavy atom. The standard InChI is InChI=1S/C10H9ClN2O2S2/c1-5(7-2-3-8(11)17-7)12-10-13-6(4-16-10)9(14)15/h2-5H,1H3,(H,12,13)(H,14,15). The number of halogens is 1. The van der Waals surface area contributed by atoms with Gasteiger partial charge in [-0.3, -0.25) is 0 Å². The van der Waals surface area contributed by atoms with Crippen LogP contribution in [0.3, 0.4) is 0 Å². The predicted molar refractivity (Wildman–Crippen MR) is 70.4 cm³/mol. The number of hydrogen-bond acceptors (Lipinski definition) is 5. The van der Waals surface area contributed by atoms with E-state index in [-0.39, 0.29) is 11.7 Å². The third kappa shape index (κ3) is 2.96. The maximum absolute atomic E-state index is 10.7. The second-order valence-corrected chi connectivity index (χ2v) is 5.96. The Bertz CT molecular complexity index is 538. The van der Waals surface area contributed by atoms with Gasteiger partial charge in [0.15, 0.2) is 10.8 Å². The molecule has 1 atom stereocenters. The average molecular weight is 289 g/mol. The molecule has 0 amide bonds. The molecule has 0 radical (unpaired) electrons. The molecule has 0 bridgehead atoms. The second-order valence-electron chi connectivity index (χ2n) is 3.35. The quantitative estimate of drug-likeness (QED) is 0.900. The Morgan fingerprint density at radius 1 is 1.59 bits per heavy atom. The molecule has 2 rings (SSSR count). The van der Waals surface area contributed by atoms with Crippen LogP contribution in [-0.2, 0) is 0 Å². The molecule has 1 unspecified atom stereocenters. The van der Waals surface area contributed by atoms with Crippen molar-refractivity contribution in [2.75, 3.05) is 5.32 Å². The van der Waals surface area contributed by atoms with Gasteiger partial charge in [-0.1, -0.05) is 11.6 Å². The van der Waals surface area contributed by atoms with Crippen molar-refractivity contribution in [3.63, 3.8) is 0 Å². The molecule has 90 valence electrons. The van der Waals surface area contributed by atoms with Gasteiger partial charge in [-0.05, 0) is 19.1 Å². The number of anilines is 1. The Kier molecular flexibility index (Phi) is 3.66. The lowest BCUT2D eigenvalue weighted by molar-refractivity contribution is 0.0691. The highest BCUT2D eigenvalue weighted by atomic mass is 35.5. The number of rotatable bonds is 4. The lowest BCUT2D eigenvalue weighted by Crippen LogP contribution is -2.05. The van der Waals surface area contributed by atoms with Crippen LogP contribution in [0.2, 0.25) is 4.34 Å². The molecule has 2 aromatic rings. The monoisotopic (exact) mass is 288 g/mol. The van der Waals surface area contributed by atoms with E-state index in [4.69, 9.17) is 16.7 Å². The molecule has 0 spiro atoms. The summed E-state index contributed by atoms with van der Waals surface area (Å²) >= 11 is 8.62. The van der Waals surface area contributed by atoms with Crippen molar-refractivity contribution >= 4 is 45.4 Å². The van der Waals surface area contributed by atoms with Crippen LogP contribution in [0.25, 0.3) is 0 Å². The highest BCUT2D eigenvalue weighted by Gasteiger charge is 2.12. The Labute approximate surface area is 111 Å². The number of thiazole rings is 1. The van der Waals surface area contributed by atoms with Gasteiger partial charge in [0.2, 0.25) is 0 Å². The van der Waals surface area contributed by atoms with Gasteiger partial charge in [0.25, 0.3) is 0 Å². The number of carboxylic acids is 1. The minimum absolute atomic E-state index is 0.0558. The number of carboxylic acid groups (broad SMARTS) is 1. The van der Waals surface area contributed by atoms with Crippen LogP contribution < -0.4 is 5.32 Å². The van der Waals surface area contributed by atoms with Crippen molar-refractivity contribution in [1.82, 2.24) is 4.98 Å². The first-order chi connectivity index (χ1) is 8.06. The summed E-state index contributed by atoms with van der Waals surface area (Å²) in [6.45, 7) is 1.98. The molecule has 4 nitrogen and oxygen atoms in total. The number of hydrogen-bond donors (Lipinski definition) is 2. The Morgan fingerprint density at radius 3 is 2.88 bits per heavy atom. The van der Waals surface area contributed by atoms with E-state index >= 15 is 0 Å². The summed E-state index contributed by atoms with van der Waals surface area (Å²) in [5, 5.41) is 14.0. The molecule has 0 aliphatic rings. The van der Waals surface area contributed by atoms with Crippen LogP contribution in [0.15, 0.2) is 17.5 Å². The van der Waals surface area contributed by atoms with E-state index in [1.807, 2.05) is 19.1 Å². The number of nitrogens with one attached hydrogen (secondary N) is 1. The molecule has 2 aromatic heterocycles. The molecule has 0 aromatic carbocycles. The zero-order valence-corrected chi connectivity index (χ0v) is 11.2. The van der Waals surface area contributed by atoms with Gasteiger partial charge in [-0.25, -0.2) is 9.78 Å². The maximum Gasteiger partial charge on any atom is 0.355 e. The maximum atomic E-state index is 10.7. The largest absolute Gasteiger partial charge is 0.476 e. The molecule has 0 saturated carbocycles. The van der Waals surface area contributed by atoms with Gasteiger partial charge in [0.05, 0.1) is 10.4 Å². The Hall–Kier alpha value is -1.11. The first-order valence-corrected chi connectivity index (χ1v) is 6.84. The molecular weight excluding hydrogens is 280 g/mol. The summed E-state index contributed by atoms with van der Waals surface area (Å²) in [4.78, 5) is 15.7. The number of thiophene rings is 1. The van der Waals surface area contributed by atoms with Crippen LogP contribution in [-0.4, -0.2) is 16.1 Å². The number of carbonyl (C=O) groups is 1. The molecule has 0 aliphatic carbocycles. The van der Waals surface area contributed by atoms with E-state index in [2.05, 4.69) is 10.3 Å². The van der Waals surface area contributed by atoms with Crippen LogP contribution in [0.1, 0.15) is 28.3 Å². The number of aromatic carboxylic acids is 1. The number of aromatic nitrogens is 1. The molecule has 17 heavy (non-hydrogen) atoms. The van der Waals surface area contributed by atoms with Crippen molar-refractivity contribution in [2.45, 2.75) is 13.0 Å². The molecular formula is C10H9ClN2O2S2. The van der Waals surface area contributed by atoms with Crippen molar-refractivity contribution in [3.8, 4) is 0 Å². The zero-order chi connectivity index (χ0) is 12.4. The summed E-state index contributed by atoms with van der Waals surface area (Å²) < 4.78 is 0.735. The summed E-state index contributed by atoms with van der Waals surface area (Å²) in [5.74, 6) is -1.01. The molecule has 2 heterocycles. The summed E-state index contributed by atoms with van der Waals surface area (Å²) in [6, 6.07) is 3.83. The minimum Gasteiger partial charge on any atom is -0.476 e. The number of nitrogens with zero attached hydrogens (tertiary/aromatic N) is 1. The topological polar surface area (TPSA) is 62.2 Å². The highest BCUT2D eigenvalue weighted by molar-refractivity contribution is 7.16. The first-order valence-electron chi connectivity index (χ1n) is 4.77. The first kappa shape index (κ1) is 12.3. The second kappa shape index (κ2) is 5.03. The van der Waals surface area contributed by atoms with E-state index < -0.39 is 5.97 Å². The van der Waals surface area contributed by atoms with Gasteiger partial charge >= 0.3 is 5.97 Å². The van der Waals surface area contributed by atoms with E-state index in [1.165, 1.54) is 28.1 Å². The van der Waals surface area contributed by atoms with E-state index in [1.54, 1.807) is 0 Å². The van der Waals surface area contributed by atoms with Crippen LogP contribution in [0, 0.1) is 0 Å². The summed E-state index contributed by atoms with van der Waals surface area (Å²) in [5.41, 5.74) is 0.0638. The van der Waals surface area contributed by atoms with Gasteiger partial charge in [0.1, 0.15) is 0 Å². The normalized spacial score (nSPS) is 12.4. The van der Waals surface area contributed by atoms with Crippen molar-refractivity contribution in [1.29, 1.82) is 0 Å². The van der Waals surface area contributed by atoms with Gasteiger partial charge in [0, 0.05) is 10.3 Å². The van der Waals surface area contributed by atoms with Crippen molar-refractivity contribution < 1.29 is 9.90 Å². The molecule has 0 aliphatic heterocycles. The Balaban J connectivity index is 2.07. The van der Waals surface area contributed by atoms with E-state index in [0.717, 1.165) is 9.21 Å². The molecule has 0 saturated heterocycles. The van der Waals surface area contributed by atoms with Crippen LogP contribution in [0.4, 0.5) is 5.13 Å². The zero-order valence-electron chi connectivity index (χ0n) is 8.81. The van der Waals surface area contributed by atoms with Gasteiger partial charge in [-0.2, -0.15) is 0 Å². The third-order valence-electron chi connectivity index (χ3n) is 2.08. The molecule has 7 heteroatoms. The molecule has 2 N–H and O–H groups in total. The fourth-order valence-electron chi connectivity index (χ4n) is 1.26. The summed E-state index contributed by atoms with van der Waals surface area (Å²) in [7, 11) is 0. The van der Waals surface area contributed by atoms with Gasteiger partial charge < -0.3 is 10.4 Å². The lowest BCUT2D eigenvalue weighted by atomic mass is 10.3. The van der Waals surface area contributed by atoms with Crippen molar-refractivity contribution in [3.05, 3.63) is 32.4 Å². The third-order valence-corrected chi connectivity index (χ3v) is 4.27. The summed E-state index contributed by atoms with van der Waals surface area (Å²) in [6.07, 6.45) is 0. The van der Waals surface area contributed by atoms with Crippen LogP contribution >= 0.6 is 34.3 Å². The fraction of sp³-hybridized carbons (Fsp3) is 0.200. The highest BCUT2D eigenvalue weighted by Crippen LogP contribution is 2.29. The van der Waals surface area contributed by atoms with Crippen molar-refractivity contribution in [2.24, 2.45) is 0 Å². The van der Waals surface area contributed by atoms with Gasteiger partial charge in [-0.15, -0.1) is 22.7 Å². The lowest BCUT2D eigenvalue weighted by Gasteiger charge is -2.09.